The lowest BCUT2D eigenvalue weighted by Crippen LogP contribution is -2.06. The Morgan fingerprint density at radius 1 is 1.29 bits per heavy atom. The lowest BCUT2D eigenvalue weighted by Gasteiger charge is -2.06. The minimum atomic E-state index is -3.37. The van der Waals surface area contributed by atoms with Crippen LogP contribution in [0.4, 0.5) is 0 Å². The molecule has 0 atom stereocenters. The van der Waals surface area contributed by atoms with Crippen LogP contribution in [-0.2, 0) is 9.84 Å². The Morgan fingerprint density at radius 3 is 2.48 bits per heavy atom. The van der Waals surface area contributed by atoms with E-state index in [4.69, 9.17) is 16.1 Å². The fourth-order valence-corrected chi connectivity index (χ4v) is 2.87. The van der Waals surface area contributed by atoms with Crippen molar-refractivity contribution < 1.29 is 17.7 Å². The first-order chi connectivity index (χ1) is 9.71. The largest absolute Gasteiger partial charge is 0.360 e. The Kier molecular flexibility index (Phi) is 4.20. The Balaban J connectivity index is 2.48. The highest BCUT2D eigenvalue weighted by atomic mass is 35.5. The molecule has 21 heavy (non-hydrogen) atoms. The van der Waals surface area contributed by atoms with Gasteiger partial charge in [0.25, 0.3) is 0 Å². The van der Waals surface area contributed by atoms with Gasteiger partial charge in [-0.2, -0.15) is 0 Å². The molecule has 0 aliphatic rings. The summed E-state index contributed by atoms with van der Waals surface area (Å²) in [5.74, 6) is 0.133. The number of rotatable bonds is 4. The average molecular weight is 328 g/mol. The number of hydrogen-bond acceptors (Lipinski definition) is 5. The molecule has 7 heteroatoms. The van der Waals surface area contributed by atoms with Gasteiger partial charge in [0.1, 0.15) is 5.76 Å². The van der Waals surface area contributed by atoms with Crippen LogP contribution < -0.4 is 0 Å². The third-order valence-corrected chi connectivity index (χ3v) is 4.40. The SMILES string of the molecule is CC(C)c1oncc1C(=O)c1ccc(S(C)(=O)=O)cc1Cl. The molecule has 0 saturated carbocycles. The number of hydrogen-bond donors (Lipinski definition) is 0. The van der Waals surface area contributed by atoms with Gasteiger partial charge in [-0.15, -0.1) is 0 Å². The molecule has 2 aromatic rings. The van der Waals surface area contributed by atoms with Crippen LogP contribution in [0.3, 0.4) is 0 Å². The van der Waals surface area contributed by atoms with Crippen LogP contribution in [-0.4, -0.2) is 25.6 Å². The quantitative estimate of drug-likeness (QED) is 0.806. The van der Waals surface area contributed by atoms with E-state index < -0.39 is 9.84 Å². The van der Waals surface area contributed by atoms with Crippen LogP contribution in [0.15, 0.2) is 33.8 Å². The lowest BCUT2D eigenvalue weighted by atomic mass is 10.00. The minimum Gasteiger partial charge on any atom is -0.360 e. The van der Waals surface area contributed by atoms with Gasteiger partial charge >= 0.3 is 0 Å². The average Bonchev–Trinajstić information content (AvgIpc) is 2.86. The molecule has 0 bridgehead atoms. The van der Waals surface area contributed by atoms with Crippen molar-refractivity contribution in [1.29, 1.82) is 0 Å². The van der Waals surface area contributed by atoms with Gasteiger partial charge in [0.05, 0.1) is 21.7 Å². The highest BCUT2D eigenvalue weighted by Gasteiger charge is 2.22. The van der Waals surface area contributed by atoms with Gasteiger partial charge in [0.2, 0.25) is 0 Å². The summed E-state index contributed by atoms with van der Waals surface area (Å²) >= 11 is 6.04. The second kappa shape index (κ2) is 5.61. The van der Waals surface area contributed by atoms with Crippen LogP contribution in [0.2, 0.25) is 5.02 Å². The summed E-state index contributed by atoms with van der Waals surface area (Å²) < 4.78 is 28.0. The maximum Gasteiger partial charge on any atom is 0.199 e. The van der Waals surface area contributed by atoms with Crippen molar-refractivity contribution in [3.8, 4) is 0 Å². The predicted molar refractivity (Wildman–Crippen MR) is 78.6 cm³/mol. The molecule has 1 aromatic heterocycles. The van der Waals surface area contributed by atoms with Gasteiger partial charge in [-0.3, -0.25) is 4.79 Å². The van der Waals surface area contributed by atoms with Gasteiger partial charge < -0.3 is 4.52 Å². The zero-order chi connectivity index (χ0) is 15.8. The maximum absolute atomic E-state index is 12.5. The molecule has 0 N–H and O–H groups in total. The van der Waals surface area contributed by atoms with E-state index in [1.807, 2.05) is 13.8 Å². The Morgan fingerprint density at radius 2 is 1.95 bits per heavy atom. The second-order valence-electron chi connectivity index (χ2n) is 5.00. The van der Waals surface area contributed by atoms with Gasteiger partial charge in [-0.25, -0.2) is 8.42 Å². The molecule has 1 aromatic carbocycles. The predicted octanol–water partition coefficient (Wildman–Crippen LogP) is 3.09. The molecule has 0 fully saturated rings. The third-order valence-electron chi connectivity index (χ3n) is 2.98. The molecular weight excluding hydrogens is 314 g/mol. The van der Waals surface area contributed by atoms with Crippen LogP contribution in [0.1, 0.15) is 41.4 Å². The molecule has 0 amide bonds. The first-order valence-electron chi connectivity index (χ1n) is 6.20. The van der Waals surface area contributed by atoms with Crippen molar-refractivity contribution in [2.24, 2.45) is 0 Å². The number of ketones is 1. The van der Waals surface area contributed by atoms with Gasteiger partial charge in [0.15, 0.2) is 15.6 Å². The van der Waals surface area contributed by atoms with Crippen LogP contribution in [0, 0.1) is 0 Å². The molecule has 2 rings (SSSR count). The van der Waals surface area contributed by atoms with Crippen LogP contribution in [0.25, 0.3) is 0 Å². The molecular formula is C14H14ClNO4S. The number of carbonyl (C=O) groups excluding carboxylic acids is 1. The van der Waals surface area contributed by atoms with E-state index in [0.717, 1.165) is 6.26 Å². The fraction of sp³-hybridized carbons (Fsp3) is 0.286. The summed E-state index contributed by atoms with van der Waals surface area (Å²) in [4.78, 5) is 12.5. The Labute approximate surface area is 127 Å². The lowest BCUT2D eigenvalue weighted by molar-refractivity contribution is 0.103. The standard InChI is InChI=1S/C14H14ClNO4S/c1-8(2)14-11(7-16-20-14)13(17)10-5-4-9(6-12(10)15)21(3,18)19/h4-8H,1-3H3. The maximum atomic E-state index is 12.5. The van der Waals surface area contributed by atoms with E-state index in [1.54, 1.807) is 0 Å². The first kappa shape index (κ1) is 15.7. The molecule has 5 nitrogen and oxygen atoms in total. The summed E-state index contributed by atoms with van der Waals surface area (Å²) in [6, 6.07) is 4.03. The van der Waals surface area contributed by atoms with Crippen molar-refractivity contribution in [2.75, 3.05) is 6.26 Å². The van der Waals surface area contributed by atoms with Crippen molar-refractivity contribution in [2.45, 2.75) is 24.7 Å². The zero-order valence-corrected chi connectivity index (χ0v) is 13.3. The first-order valence-corrected chi connectivity index (χ1v) is 8.47. The van der Waals surface area contributed by atoms with E-state index in [0.29, 0.717) is 11.3 Å². The number of nitrogens with zero attached hydrogens (tertiary/aromatic N) is 1. The summed E-state index contributed by atoms with van der Waals surface area (Å²) in [6.07, 6.45) is 2.43. The van der Waals surface area contributed by atoms with Crippen molar-refractivity contribution >= 4 is 27.2 Å². The normalized spacial score (nSPS) is 11.9. The van der Waals surface area contributed by atoms with E-state index in [9.17, 15) is 13.2 Å². The van der Waals surface area contributed by atoms with E-state index in [-0.39, 0.29) is 27.2 Å². The van der Waals surface area contributed by atoms with Gasteiger partial charge in [-0.1, -0.05) is 30.6 Å². The molecule has 0 aliphatic heterocycles. The highest BCUT2D eigenvalue weighted by Crippen LogP contribution is 2.27. The zero-order valence-electron chi connectivity index (χ0n) is 11.8. The van der Waals surface area contributed by atoms with Crippen molar-refractivity contribution in [1.82, 2.24) is 5.16 Å². The topological polar surface area (TPSA) is 77.2 Å². The molecule has 0 spiro atoms. The smallest absolute Gasteiger partial charge is 0.199 e. The van der Waals surface area contributed by atoms with E-state index >= 15 is 0 Å². The second-order valence-corrected chi connectivity index (χ2v) is 7.42. The Hall–Kier alpha value is -1.66. The molecule has 112 valence electrons. The number of sulfone groups is 1. The minimum absolute atomic E-state index is 0.000480. The highest BCUT2D eigenvalue weighted by molar-refractivity contribution is 7.90. The Bertz CT molecular complexity index is 793. The van der Waals surface area contributed by atoms with E-state index in [2.05, 4.69) is 5.16 Å². The van der Waals surface area contributed by atoms with Gasteiger partial charge in [-0.05, 0) is 18.2 Å². The fourth-order valence-electron chi connectivity index (χ4n) is 1.89. The molecule has 0 unspecified atom stereocenters. The van der Waals surface area contributed by atoms with Crippen LogP contribution >= 0.6 is 11.6 Å². The summed E-state index contributed by atoms with van der Waals surface area (Å²) in [6.45, 7) is 3.76. The molecule has 0 radical (unpaired) electrons. The van der Waals surface area contributed by atoms with E-state index in [1.165, 1.54) is 24.4 Å². The number of halogens is 1. The van der Waals surface area contributed by atoms with Crippen LogP contribution in [0.5, 0.6) is 0 Å². The van der Waals surface area contributed by atoms with Crippen molar-refractivity contribution in [3.63, 3.8) is 0 Å². The molecule has 1 heterocycles. The third kappa shape index (κ3) is 3.16. The van der Waals surface area contributed by atoms with Crippen molar-refractivity contribution in [3.05, 3.63) is 46.3 Å². The number of benzene rings is 1. The number of aromatic nitrogens is 1. The van der Waals surface area contributed by atoms with Gasteiger partial charge in [0, 0.05) is 17.7 Å². The summed E-state index contributed by atoms with van der Waals surface area (Å²) in [7, 11) is -3.37. The molecule has 0 saturated heterocycles. The monoisotopic (exact) mass is 327 g/mol. The molecule has 0 aliphatic carbocycles. The summed E-state index contributed by atoms with van der Waals surface area (Å²) in [5, 5.41) is 3.72. The summed E-state index contributed by atoms with van der Waals surface area (Å²) in [5.41, 5.74) is 0.549. The number of carbonyl (C=O) groups is 1.